The van der Waals surface area contributed by atoms with Gasteiger partial charge in [-0.2, -0.15) is 0 Å². The highest BCUT2D eigenvalue weighted by molar-refractivity contribution is 5.37. The monoisotopic (exact) mass is 218 g/mol. The number of rotatable bonds is 3. The summed E-state index contributed by atoms with van der Waals surface area (Å²) in [6.45, 7) is 9.03. The first-order valence-corrected chi connectivity index (χ1v) is 6.73. The summed E-state index contributed by atoms with van der Waals surface area (Å²) < 4.78 is 0. The Kier molecular flexibility index (Phi) is 5.59. The van der Waals surface area contributed by atoms with Crippen LogP contribution in [-0.2, 0) is 0 Å². The van der Waals surface area contributed by atoms with Gasteiger partial charge in [-0.15, -0.1) is 0 Å². The van der Waals surface area contributed by atoms with Crippen LogP contribution in [0.2, 0.25) is 0 Å². The Bertz CT molecular complexity index is 289. The van der Waals surface area contributed by atoms with E-state index in [0.29, 0.717) is 0 Å². The van der Waals surface area contributed by atoms with Crippen molar-refractivity contribution in [2.45, 2.75) is 53.4 Å². The van der Waals surface area contributed by atoms with E-state index in [-0.39, 0.29) is 0 Å². The van der Waals surface area contributed by atoms with Gasteiger partial charge >= 0.3 is 0 Å². The summed E-state index contributed by atoms with van der Waals surface area (Å²) in [6, 6.07) is 0. The van der Waals surface area contributed by atoms with Gasteiger partial charge in [0.05, 0.1) is 0 Å². The molecule has 1 unspecified atom stereocenters. The van der Waals surface area contributed by atoms with Gasteiger partial charge in [0.1, 0.15) is 0 Å². The lowest BCUT2D eigenvalue weighted by molar-refractivity contribution is 0.385. The zero-order valence-corrected chi connectivity index (χ0v) is 11.3. The molecule has 0 N–H and O–H groups in total. The molecule has 0 aromatic rings. The van der Waals surface area contributed by atoms with Gasteiger partial charge in [-0.1, -0.05) is 45.1 Å². The highest BCUT2D eigenvalue weighted by Crippen LogP contribution is 2.38. The van der Waals surface area contributed by atoms with E-state index in [9.17, 15) is 0 Å². The fourth-order valence-corrected chi connectivity index (χ4v) is 2.64. The van der Waals surface area contributed by atoms with Crippen molar-refractivity contribution in [1.29, 1.82) is 0 Å². The second-order valence-corrected chi connectivity index (χ2v) is 5.03. The minimum atomic E-state index is 0.761. The lowest BCUT2D eigenvalue weighted by Crippen LogP contribution is -2.17. The third kappa shape index (κ3) is 3.37. The van der Waals surface area contributed by atoms with Crippen molar-refractivity contribution in [2.24, 2.45) is 11.8 Å². The Morgan fingerprint density at radius 1 is 1.38 bits per heavy atom. The molecule has 0 spiro atoms. The third-order valence-corrected chi connectivity index (χ3v) is 3.46. The highest BCUT2D eigenvalue weighted by atomic mass is 14.3. The zero-order valence-electron chi connectivity index (χ0n) is 11.3. The largest absolute Gasteiger partial charge is 0.0877 e. The Morgan fingerprint density at radius 2 is 2.12 bits per heavy atom. The summed E-state index contributed by atoms with van der Waals surface area (Å²) in [5, 5.41) is 0. The fraction of sp³-hybridized carbons (Fsp3) is 0.625. The average Bonchev–Trinajstić information content (AvgIpc) is 2.27. The molecule has 16 heavy (non-hydrogen) atoms. The third-order valence-electron chi connectivity index (χ3n) is 3.46. The summed E-state index contributed by atoms with van der Waals surface area (Å²) in [6.07, 6.45) is 14.2. The fourth-order valence-electron chi connectivity index (χ4n) is 2.64. The second-order valence-electron chi connectivity index (χ2n) is 5.03. The minimum absolute atomic E-state index is 0.761. The molecule has 0 radical (unpaired) electrons. The smallest absolute Gasteiger partial charge is 0.0136 e. The summed E-state index contributed by atoms with van der Waals surface area (Å²) >= 11 is 0. The first-order chi connectivity index (χ1) is 7.70. The molecule has 0 heteroatoms. The van der Waals surface area contributed by atoms with Crippen LogP contribution in [0.25, 0.3) is 0 Å². The molecule has 0 amide bonds. The van der Waals surface area contributed by atoms with Crippen LogP contribution in [0.4, 0.5) is 0 Å². The number of hydrogen-bond donors (Lipinski definition) is 0. The second kappa shape index (κ2) is 6.73. The van der Waals surface area contributed by atoms with Gasteiger partial charge in [0, 0.05) is 0 Å². The molecule has 0 aliphatic heterocycles. The van der Waals surface area contributed by atoms with Crippen molar-refractivity contribution in [1.82, 2.24) is 0 Å². The summed E-state index contributed by atoms with van der Waals surface area (Å²) in [7, 11) is 0. The molecule has 0 aromatic carbocycles. The maximum absolute atomic E-state index is 2.42. The maximum Gasteiger partial charge on any atom is -0.0136 e. The predicted molar refractivity (Wildman–Crippen MR) is 73.5 cm³/mol. The highest BCUT2D eigenvalue weighted by Gasteiger charge is 2.24. The molecular formula is C16H26. The molecule has 0 aromatic heterocycles. The summed E-state index contributed by atoms with van der Waals surface area (Å²) in [5.74, 6) is 1.53. The van der Waals surface area contributed by atoms with Crippen LogP contribution in [0, 0.1) is 11.8 Å². The predicted octanol–water partition coefficient (Wildman–Crippen LogP) is 5.28. The normalized spacial score (nSPS) is 27.4. The van der Waals surface area contributed by atoms with Crippen LogP contribution in [0.5, 0.6) is 0 Å². The van der Waals surface area contributed by atoms with Crippen LogP contribution in [-0.4, -0.2) is 0 Å². The van der Waals surface area contributed by atoms with E-state index in [0.717, 1.165) is 18.3 Å². The van der Waals surface area contributed by atoms with Gasteiger partial charge in [-0.3, -0.25) is 0 Å². The van der Waals surface area contributed by atoms with E-state index in [1.165, 1.54) is 19.3 Å². The first-order valence-electron chi connectivity index (χ1n) is 6.73. The van der Waals surface area contributed by atoms with Crippen molar-refractivity contribution < 1.29 is 0 Å². The average molecular weight is 218 g/mol. The molecule has 1 atom stereocenters. The molecule has 1 saturated carbocycles. The lowest BCUT2D eigenvalue weighted by Gasteiger charge is -2.31. The van der Waals surface area contributed by atoms with E-state index in [4.69, 9.17) is 0 Å². The van der Waals surface area contributed by atoms with Crippen molar-refractivity contribution >= 4 is 0 Å². The van der Waals surface area contributed by atoms with Crippen molar-refractivity contribution in [2.75, 3.05) is 0 Å². The number of allylic oxidation sites excluding steroid dienone is 6. The Balaban J connectivity index is 2.98. The molecule has 0 saturated heterocycles. The van der Waals surface area contributed by atoms with Gasteiger partial charge in [-0.05, 0) is 55.6 Å². The van der Waals surface area contributed by atoms with Gasteiger partial charge in [-0.25, -0.2) is 0 Å². The van der Waals surface area contributed by atoms with Crippen molar-refractivity contribution in [3.05, 3.63) is 35.5 Å². The molecule has 1 fully saturated rings. The Hall–Kier alpha value is -0.780. The molecule has 90 valence electrons. The SMILES string of the molecule is C\C=C/C=C1\C(=C/CC)CCCC1C(C)C. The number of hydrogen-bond acceptors (Lipinski definition) is 0. The molecule has 0 bridgehead atoms. The lowest BCUT2D eigenvalue weighted by atomic mass is 9.74. The van der Waals surface area contributed by atoms with E-state index < -0.39 is 0 Å². The van der Waals surface area contributed by atoms with E-state index in [1.54, 1.807) is 11.1 Å². The zero-order chi connectivity index (χ0) is 12.0. The van der Waals surface area contributed by atoms with E-state index in [1.807, 2.05) is 0 Å². The molecule has 1 aliphatic carbocycles. The van der Waals surface area contributed by atoms with Gasteiger partial charge in [0.2, 0.25) is 0 Å². The van der Waals surface area contributed by atoms with Gasteiger partial charge in [0.15, 0.2) is 0 Å². The van der Waals surface area contributed by atoms with Crippen molar-refractivity contribution in [3.63, 3.8) is 0 Å². The molecule has 0 nitrogen and oxygen atoms in total. The summed E-state index contributed by atoms with van der Waals surface area (Å²) in [5.41, 5.74) is 3.20. The Labute approximate surface area is 101 Å². The summed E-state index contributed by atoms with van der Waals surface area (Å²) in [4.78, 5) is 0. The molecule has 0 heterocycles. The van der Waals surface area contributed by atoms with Gasteiger partial charge in [0.25, 0.3) is 0 Å². The molecule has 1 aliphatic rings. The van der Waals surface area contributed by atoms with Crippen LogP contribution in [0.3, 0.4) is 0 Å². The Morgan fingerprint density at radius 3 is 2.69 bits per heavy atom. The van der Waals surface area contributed by atoms with Crippen LogP contribution >= 0.6 is 0 Å². The van der Waals surface area contributed by atoms with E-state index in [2.05, 4.69) is 52.0 Å². The topological polar surface area (TPSA) is 0 Å². The van der Waals surface area contributed by atoms with Gasteiger partial charge < -0.3 is 0 Å². The van der Waals surface area contributed by atoms with Crippen LogP contribution in [0.1, 0.15) is 53.4 Å². The van der Waals surface area contributed by atoms with E-state index >= 15 is 0 Å². The molecule has 1 rings (SSSR count). The maximum atomic E-state index is 2.42. The standard InChI is InChI=1S/C16H26/c1-5-7-11-16-14(9-6-2)10-8-12-15(16)13(3)4/h5,7,9,11,13,15H,6,8,10,12H2,1-4H3/b7-5-,14-9-,16-11+. The first kappa shape index (κ1) is 13.3. The molecular weight excluding hydrogens is 192 g/mol. The van der Waals surface area contributed by atoms with Crippen molar-refractivity contribution in [3.8, 4) is 0 Å². The minimum Gasteiger partial charge on any atom is -0.0877 e. The quantitative estimate of drug-likeness (QED) is 0.604. The van der Waals surface area contributed by atoms with Crippen LogP contribution < -0.4 is 0 Å². The van der Waals surface area contributed by atoms with Crippen LogP contribution in [0.15, 0.2) is 35.5 Å².